The van der Waals surface area contributed by atoms with Crippen molar-refractivity contribution in [2.75, 3.05) is 5.32 Å². The Morgan fingerprint density at radius 3 is 2.76 bits per heavy atom. The monoisotopic (exact) mass is 335 g/mol. The minimum absolute atomic E-state index is 0.118. The van der Waals surface area contributed by atoms with E-state index in [9.17, 15) is 4.79 Å². The topological polar surface area (TPSA) is 71.8 Å². The van der Waals surface area contributed by atoms with E-state index < -0.39 is 0 Å². The summed E-state index contributed by atoms with van der Waals surface area (Å²) in [6, 6.07) is 11.3. The highest BCUT2D eigenvalue weighted by molar-refractivity contribution is 5.99. The van der Waals surface area contributed by atoms with E-state index in [-0.39, 0.29) is 11.9 Å². The zero-order chi connectivity index (χ0) is 17.6. The van der Waals surface area contributed by atoms with Crippen LogP contribution in [0, 0.1) is 0 Å². The number of nitrogens with one attached hydrogen (secondary N) is 2. The molecular formula is C19H21N5O. The van der Waals surface area contributed by atoms with Crippen molar-refractivity contribution in [3.63, 3.8) is 0 Å². The third-order valence-electron chi connectivity index (χ3n) is 3.95. The molecule has 6 nitrogen and oxygen atoms in total. The van der Waals surface area contributed by atoms with Gasteiger partial charge >= 0.3 is 0 Å². The number of hydrogen-bond donors (Lipinski definition) is 2. The highest BCUT2D eigenvalue weighted by atomic mass is 16.1. The van der Waals surface area contributed by atoms with Crippen LogP contribution in [0.3, 0.4) is 0 Å². The van der Waals surface area contributed by atoms with Crippen molar-refractivity contribution in [2.45, 2.75) is 19.5 Å². The van der Waals surface area contributed by atoms with Crippen LogP contribution in [0.2, 0.25) is 0 Å². The molecule has 0 fully saturated rings. The number of anilines is 1. The van der Waals surface area contributed by atoms with E-state index in [4.69, 9.17) is 0 Å². The third-order valence-corrected chi connectivity index (χ3v) is 3.95. The Labute approximate surface area is 146 Å². The van der Waals surface area contributed by atoms with Crippen molar-refractivity contribution in [1.82, 2.24) is 20.1 Å². The van der Waals surface area contributed by atoms with Gasteiger partial charge in [-0.25, -0.2) is 0 Å². The SMILES string of the molecule is CC(NC(=O)c1ccccc1NCc1cccnc1)c1cnn(C)c1. The quantitative estimate of drug-likeness (QED) is 0.726. The maximum atomic E-state index is 12.7. The molecule has 3 aromatic rings. The van der Waals surface area contributed by atoms with Crippen LogP contribution < -0.4 is 10.6 Å². The molecule has 2 N–H and O–H groups in total. The first kappa shape index (κ1) is 16.7. The van der Waals surface area contributed by atoms with Gasteiger partial charge in [0.2, 0.25) is 0 Å². The number of carbonyl (C=O) groups excluding carboxylic acids is 1. The number of pyridine rings is 1. The fourth-order valence-electron chi connectivity index (χ4n) is 2.56. The zero-order valence-corrected chi connectivity index (χ0v) is 14.3. The van der Waals surface area contributed by atoms with Gasteiger partial charge in [-0.3, -0.25) is 14.5 Å². The minimum Gasteiger partial charge on any atom is -0.380 e. The highest BCUT2D eigenvalue weighted by Crippen LogP contribution is 2.18. The van der Waals surface area contributed by atoms with Crippen molar-refractivity contribution in [2.24, 2.45) is 7.05 Å². The average molecular weight is 335 g/mol. The lowest BCUT2D eigenvalue weighted by Crippen LogP contribution is -2.27. The summed E-state index contributed by atoms with van der Waals surface area (Å²) in [5.74, 6) is -0.120. The molecule has 0 aliphatic heterocycles. The van der Waals surface area contributed by atoms with Gasteiger partial charge in [-0.15, -0.1) is 0 Å². The Morgan fingerprint density at radius 2 is 2.04 bits per heavy atom. The van der Waals surface area contributed by atoms with Crippen molar-refractivity contribution in [1.29, 1.82) is 0 Å². The Balaban J connectivity index is 1.70. The third kappa shape index (κ3) is 4.23. The number of nitrogens with zero attached hydrogens (tertiary/aromatic N) is 3. The van der Waals surface area contributed by atoms with E-state index >= 15 is 0 Å². The van der Waals surface area contributed by atoms with E-state index in [0.717, 1.165) is 16.8 Å². The molecule has 0 radical (unpaired) electrons. The smallest absolute Gasteiger partial charge is 0.253 e. The second-order valence-electron chi connectivity index (χ2n) is 5.90. The van der Waals surface area contributed by atoms with E-state index in [1.54, 1.807) is 23.3 Å². The largest absolute Gasteiger partial charge is 0.380 e. The number of aromatic nitrogens is 3. The standard InChI is InChI=1S/C19H21N5O/c1-14(16-12-22-24(2)13-16)23-19(25)17-7-3-4-8-18(17)21-11-15-6-5-9-20-10-15/h3-10,12-14,21H,11H2,1-2H3,(H,23,25). The van der Waals surface area contributed by atoms with Crippen LogP contribution in [0.15, 0.2) is 61.2 Å². The summed E-state index contributed by atoms with van der Waals surface area (Å²) >= 11 is 0. The second-order valence-corrected chi connectivity index (χ2v) is 5.90. The van der Waals surface area contributed by atoms with E-state index in [1.807, 2.05) is 56.6 Å². The number of amides is 1. The van der Waals surface area contributed by atoms with Gasteiger partial charge in [0.05, 0.1) is 17.8 Å². The van der Waals surface area contributed by atoms with Gasteiger partial charge in [0, 0.05) is 43.4 Å². The molecule has 0 aliphatic carbocycles. The fourth-order valence-corrected chi connectivity index (χ4v) is 2.56. The van der Waals surface area contributed by atoms with Gasteiger partial charge in [0.15, 0.2) is 0 Å². The summed E-state index contributed by atoms with van der Waals surface area (Å²) < 4.78 is 1.72. The molecule has 2 aromatic heterocycles. The molecule has 0 spiro atoms. The van der Waals surface area contributed by atoms with Gasteiger partial charge < -0.3 is 10.6 Å². The first-order valence-corrected chi connectivity index (χ1v) is 8.14. The lowest BCUT2D eigenvalue weighted by atomic mass is 10.1. The van der Waals surface area contributed by atoms with Gasteiger partial charge in [-0.05, 0) is 30.7 Å². The lowest BCUT2D eigenvalue weighted by Gasteiger charge is -2.15. The summed E-state index contributed by atoms with van der Waals surface area (Å²) in [5, 5.41) is 10.5. The molecule has 3 rings (SSSR count). The van der Waals surface area contributed by atoms with Gasteiger partial charge in [0.1, 0.15) is 0 Å². The molecule has 0 saturated carbocycles. The Bertz CT molecular complexity index is 844. The highest BCUT2D eigenvalue weighted by Gasteiger charge is 2.15. The maximum Gasteiger partial charge on any atom is 0.253 e. The maximum absolute atomic E-state index is 12.7. The molecule has 6 heteroatoms. The van der Waals surface area contributed by atoms with Gasteiger partial charge in [-0.1, -0.05) is 18.2 Å². The molecule has 1 unspecified atom stereocenters. The normalized spacial score (nSPS) is 11.8. The molecule has 0 bridgehead atoms. The fraction of sp³-hybridized carbons (Fsp3) is 0.211. The number of carbonyl (C=O) groups is 1. The van der Waals surface area contributed by atoms with Gasteiger partial charge in [0.25, 0.3) is 5.91 Å². The Kier molecular flexibility index (Phi) is 5.09. The Hall–Kier alpha value is -3.15. The summed E-state index contributed by atoms with van der Waals surface area (Å²) in [6.45, 7) is 2.55. The average Bonchev–Trinajstić information content (AvgIpc) is 3.07. The van der Waals surface area contributed by atoms with Crippen LogP contribution in [0.5, 0.6) is 0 Å². The van der Waals surface area contributed by atoms with E-state index in [2.05, 4.69) is 20.7 Å². The predicted octanol–water partition coefficient (Wildman–Crippen LogP) is 2.92. The number of rotatable bonds is 6. The molecule has 1 aromatic carbocycles. The molecule has 2 heterocycles. The zero-order valence-electron chi connectivity index (χ0n) is 14.3. The van der Waals surface area contributed by atoms with Gasteiger partial charge in [-0.2, -0.15) is 5.10 Å². The van der Waals surface area contributed by atoms with Crippen LogP contribution in [0.4, 0.5) is 5.69 Å². The molecule has 25 heavy (non-hydrogen) atoms. The first-order chi connectivity index (χ1) is 12.1. The molecule has 1 atom stereocenters. The van der Waals surface area contributed by atoms with Crippen molar-refractivity contribution >= 4 is 11.6 Å². The lowest BCUT2D eigenvalue weighted by molar-refractivity contribution is 0.0940. The van der Waals surface area contributed by atoms with Crippen LogP contribution in [0.25, 0.3) is 0 Å². The number of aryl methyl sites for hydroxylation is 1. The molecule has 0 aliphatic rings. The van der Waals surface area contributed by atoms with Crippen LogP contribution in [-0.4, -0.2) is 20.7 Å². The van der Waals surface area contributed by atoms with E-state index in [1.165, 1.54) is 0 Å². The second kappa shape index (κ2) is 7.61. The van der Waals surface area contributed by atoms with Crippen LogP contribution in [-0.2, 0) is 13.6 Å². The summed E-state index contributed by atoms with van der Waals surface area (Å²) in [7, 11) is 1.86. The Morgan fingerprint density at radius 1 is 1.20 bits per heavy atom. The molecular weight excluding hydrogens is 314 g/mol. The van der Waals surface area contributed by atoms with E-state index in [0.29, 0.717) is 12.1 Å². The minimum atomic E-state index is -0.120. The number of benzene rings is 1. The van der Waals surface area contributed by atoms with Crippen molar-refractivity contribution < 1.29 is 4.79 Å². The first-order valence-electron chi connectivity index (χ1n) is 8.14. The number of hydrogen-bond acceptors (Lipinski definition) is 4. The summed E-state index contributed by atoms with van der Waals surface area (Å²) in [4.78, 5) is 16.8. The molecule has 0 saturated heterocycles. The van der Waals surface area contributed by atoms with Crippen molar-refractivity contribution in [3.8, 4) is 0 Å². The summed E-state index contributed by atoms with van der Waals surface area (Å²) in [5.41, 5.74) is 3.43. The predicted molar refractivity (Wildman–Crippen MR) is 97.1 cm³/mol. The number of para-hydroxylation sites is 1. The molecule has 1 amide bonds. The van der Waals surface area contributed by atoms with Crippen LogP contribution in [0.1, 0.15) is 34.5 Å². The molecule has 128 valence electrons. The summed E-state index contributed by atoms with van der Waals surface area (Å²) in [6.07, 6.45) is 7.21. The van der Waals surface area contributed by atoms with Crippen LogP contribution >= 0.6 is 0 Å². The van der Waals surface area contributed by atoms with Crippen molar-refractivity contribution in [3.05, 3.63) is 77.9 Å².